The molecule has 0 spiro atoms. The number of hydrogen-bond donors (Lipinski definition) is 1. The fourth-order valence-corrected chi connectivity index (χ4v) is 7.31. The number of methoxy groups -OCH3 is 1. The Morgan fingerprint density at radius 3 is 2.00 bits per heavy atom. The summed E-state index contributed by atoms with van der Waals surface area (Å²) < 4.78 is 24.1. The van der Waals surface area contributed by atoms with Gasteiger partial charge in [0.15, 0.2) is 16.6 Å². The molecule has 0 unspecified atom stereocenters. The monoisotopic (exact) mass is 644 g/mol. The smallest absolute Gasteiger partial charge is 0.362 e. The van der Waals surface area contributed by atoms with E-state index in [1.807, 2.05) is 56.5 Å². The molecule has 0 aromatic heterocycles. The Kier molecular flexibility index (Phi) is 13.1. The van der Waals surface area contributed by atoms with Crippen molar-refractivity contribution in [2.24, 2.45) is 11.8 Å². The number of allylic oxidation sites excluding steroid dienone is 1. The lowest BCUT2D eigenvalue weighted by molar-refractivity contribution is -0.191. The highest BCUT2D eigenvalue weighted by atomic mass is 28.4. The summed E-state index contributed by atoms with van der Waals surface area (Å²) in [5, 5.41) is 10.2. The van der Waals surface area contributed by atoms with Crippen LogP contribution < -0.4 is 9.47 Å². The molecule has 0 radical (unpaired) electrons. The molecule has 7 nitrogen and oxygen atoms in total. The minimum atomic E-state index is -2.52. The third-order valence-corrected chi connectivity index (χ3v) is 18.3. The zero-order valence-electron chi connectivity index (χ0n) is 28.9. The maximum absolute atomic E-state index is 12.9. The van der Waals surface area contributed by atoms with E-state index in [1.54, 1.807) is 13.2 Å². The molecule has 1 saturated carbocycles. The second-order valence-electron chi connectivity index (χ2n) is 14.8. The summed E-state index contributed by atoms with van der Waals surface area (Å²) in [4.78, 5) is 25.6. The third-order valence-electron chi connectivity index (χ3n) is 9.41. The van der Waals surface area contributed by atoms with Crippen molar-refractivity contribution in [3.8, 4) is 11.5 Å². The third kappa shape index (κ3) is 10.3. The fourth-order valence-electron chi connectivity index (χ4n) is 4.54. The molecule has 44 heavy (non-hydrogen) atoms. The largest absolute Gasteiger partial charge is 0.497 e. The lowest BCUT2D eigenvalue weighted by Gasteiger charge is -2.48. The molecule has 0 aliphatic heterocycles. The van der Waals surface area contributed by atoms with Gasteiger partial charge in [-0.2, -0.15) is 0 Å². The van der Waals surface area contributed by atoms with Gasteiger partial charge in [-0.05, 0) is 97.9 Å². The van der Waals surface area contributed by atoms with Crippen LogP contribution in [0, 0.1) is 11.8 Å². The molecule has 1 fully saturated rings. The van der Waals surface area contributed by atoms with Crippen LogP contribution in [0.4, 0.5) is 0 Å². The number of carboxylic acids is 1. The van der Waals surface area contributed by atoms with Crippen LogP contribution in [-0.4, -0.2) is 53.0 Å². The van der Waals surface area contributed by atoms with E-state index >= 15 is 0 Å². The number of Topliss-reactive ketones (excluding diaryl/α,β-unsaturated/α-hetero) is 1. The van der Waals surface area contributed by atoms with Crippen molar-refractivity contribution in [1.82, 2.24) is 0 Å². The zero-order valence-corrected chi connectivity index (χ0v) is 30.9. The van der Waals surface area contributed by atoms with Gasteiger partial charge in [0.25, 0.3) is 5.79 Å². The van der Waals surface area contributed by atoms with E-state index in [9.17, 15) is 14.7 Å². The van der Waals surface area contributed by atoms with Gasteiger partial charge in [0.1, 0.15) is 17.3 Å². The molecular formula is C35H56O7Si2. The maximum Gasteiger partial charge on any atom is 0.362 e. The van der Waals surface area contributed by atoms with Crippen LogP contribution in [0.3, 0.4) is 0 Å². The number of ether oxygens (including phenoxy) is 2. The Labute approximate surface area is 268 Å². The predicted octanol–water partition coefficient (Wildman–Crippen LogP) is 8.93. The number of carbonyl (C=O) groups excluding carboxylic acids is 1. The topological polar surface area (TPSA) is 91.3 Å². The van der Waals surface area contributed by atoms with Gasteiger partial charge in [0, 0.05) is 18.8 Å². The summed E-state index contributed by atoms with van der Waals surface area (Å²) in [5.74, 6) is -1.00. The Hall–Kier alpha value is -2.43. The van der Waals surface area contributed by atoms with E-state index in [0.717, 1.165) is 24.3 Å². The summed E-state index contributed by atoms with van der Waals surface area (Å²) >= 11 is 0. The second-order valence-corrected chi connectivity index (χ2v) is 24.3. The number of hydrogen-bond acceptors (Lipinski definition) is 6. The van der Waals surface area contributed by atoms with Crippen molar-refractivity contribution >= 4 is 28.4 Å². The molecule has 0 bridgehead atoms. The molecule has 0 saturated heterocycles. The van der Waals surface area contributed by atoms with Crippen molar-refractivity contribution in [2.75, 3.05) is 13.7 Å². The average molecular weight is 645 g/mol. The molecule has 1 N–H and O–H groups in total. The van der Waals surface area contributed by atoms with Gasteiger partial charge in [0.2, 0.25) is 0 Å². The maximum atomic E-state index is 12.9. The highest BCUT2D eigenvalue weighted by Gasteiger charge is 2.54. The van der Waals surface area contributed by atoms with Crippen molar-refractivity contribution in [3.05, 3.63) is 54.3 Å². The first-order valence-corrected chi connectivity index (χ1v) is 21.6. The minimum absolute atomic E-state index is 0.0357. The van der Waals surface area contributed by atoms with Gasteiger partial charge in [-0.25, -0.2) is 4.79 Å². The van der Waals surface area contributed by atoms with Crippen LogP contribution in [0.25, 0.3) is 0 Å². The van der Waals surface area contributed by atoms with Crippen molar-refractivity contribution < 1.29 is 33.0 Å². The van der Waals surface area contributed by atoms with Gasteiger partial charge in [-0.3, -0.25) is 4.79 Å². The molecule has 1 aliphatic rings. The number of carbonyl (C=O) groups is 2. The van der Waals surface area contributed by atoms with Gasteiger partial charge >= 0.3 is 5.97 Å². The van der Waals surface area contributed by atoms with E-state index in [0.29, 0.717) is 19.4 Å². The number of carboxylic acid groups (broad SMARTS) is 1. The molecule has 0 amide bonds. The van der Waals surface area contributed by atoms with Crippen molar-refractivity contribution in [1.29, 1.82) is 0 Å². The lowest BCUT2D eigenvalue weighted by atomic mass is 9.91. The van der Waals surface area contributed by atoms with Crippen LogP contribution in [0.5, 0.6) is 11.5 Å². The van der Waals surface area contributed by atoms with E-state index in [1.165, 1.54) is 0 Å². The average Bonchev–Trinajstić information content (AvgIpc) is 3.25. The summed E-state index contributed by atoms with van der Waals surface area (Å²) in [6.07, 6.45) is 10.5. The summed E-state index contributed by atoms with van der Waals surface area (Å²) in [7, 11) is -3.41. The Bertz CT molecular complexity index is 1170. The zero-order chi connectivity index (χ0) is 33.4. The molecule has 1 aromatic rings. The van der Waals surface area contributed by atoms with E-state index < -0.39 is 28.4 Å². The molecule has 9 heteroatoms. The first-order valence-electron chi connectivity index (χ1n) is 15.7. The number of ketones is 1. The molecule has 2 atom stereocenters. The Morgan fingerprint density at radius 1 is 0.955 bits per heavy atom. The fraction of sp³-hybridized carbons (Fsp3) is 0.629. The quantitative estimate of drug-likeness (QED) is 0.0670. The number of benzene rings is 1. The van der Waals surface area contributed by atoms with E-state index in [-0.39, 0.29) is 34.1 Å². The van der Waals surface area contributed by atoms with Gasteiger partial charge in [-0.1, -0.05) is 53.7 Å². The summed E-state index contributed by atoms with van der Waals surface area (Å²) in [6.45, 7) is 21.3. The molecule has 246 valence electrons. The molecular weight excluding hydrogens is 589 g/mol. The minimum Gasteiger partial charge on any atom is -0.497 e. The first kappa shape index (κ1) is 37.8. The van der Waals surface area contributed by atoms with Crippen LogP contribution in [0.15, 0.2) is 54.3 Å². The molecule has 2 rings (SSSR count). The predicted molar refractivity (Wildman–Crippen MR) is 182 cm³/mol. The normalized spacial score (nSPS) is 18.3. The molecule has 1 aromatic carbocycles. The second kappa shape index (κ2) is 15.2. The number of aliphatic carboxylic acids is 1. The Balaban J connectivity index is 2.12. The van der Waals surface area contributed by atoms with Gasteiger partial charge < -0.3 is 23.4 Å². The standard InChI is InChI=1S/C35H56O7Si2/c1-33(2,3)43(8,9)41-35(32(37)38,42-44(10,11)34(4,5)6)25-15-12-13-18-30-27(19-24-31(30)36)17-14-16-26-40-29-22-20-28(39-7)21-23-29/h13-15,17,20-23,27,30H,16,18-19,24-26H2,1-11H3,(H,37,38)/b17-14+/t12?,27-,30+/m0/s1. The SMILES string of the molecule is COc1ccc(OCC/C=C/[C@H]2CCC(=O)[C@@H]2CC=C=CCC(O[Si](C)(C)C(C)(C)C)(O[Si](C)(C)C(C)(C)C)C(=O)O)cc1. The number of rotatable bonds is 15. The summed E-state index contributed by atoms with van der Waals surface area (Å²) in [5.41, 5.74) is 3.17. The van der Waals surface area contributed by atoms with Crippen LogP contribution >= 0.6 is 0 Å². The van der Waals surface area contributed by atoms with Crippen molar-refractivity contribution in [2.45, 2.75) is 116 Å². The Morgan fingerprint density at radius 2 is 1.50 bits per heavy atom. The molecule has 1 aliphatic carbocycles. The van der Waals surface area contributed by atoms with Crippen LogP contribution in [0.2, 0.25) is 36.3 Å². The van der Waals surface area contributed by atoms with Crippen LogP contribution in [-0.2, 0) is 18.4 Å². The highest BCUT2D eigenvalue weighted by molar-refractivity contribution is 6.75. The lowest BCUT2D eigenvalue weighted by Crippen LogP contribution is -2.60. The first-order chi connectivity index (χ1) is 20.2. The van der Waals surface area contributed by atoms with Gasteiger partial charge in [-0.15, -0.1) is 5.73 Å². The molecule has 0 heterocycles. The van der Waals surface area contributed by atoms with E-state index in [2.05, 4.69) is 59.4 Å². The van der Waals surface area contributed by atoms with Crippen molar-refractivity contribution in [3.63, 3.8) is 0 Å². The van der Waals surface area contributed by atoms with E-state index in [4.69, 9.17) is 18.3 Å². The van der Waals surface area contributed by atoms with Gasteiger partial charge in [0.05, 0.1) is 13.7 Å². The summed E-state index contributed by atoms with van der Waals surface area (Å²) in [6, 6.07) is 7.50. The highest BCUT2D eigenvalue weighted by Crippen LogP contribution is 2.45. The van der Waals surface area contributed by atoms with Crippen LogP contribution in [0.1, 0.15) is 73.6 Å².